The summed E-state index contributed by atoms with van der Waals surface area (Å²) in [6, 6.07) is 5.69. The van der Waals surface area contributed by atoms with E-state index in [0.29, 0.717) is 11.4 Å². The van der Waals surface area contributed by atoms with Gasteiger partial charge in [0.25, 0.3) is 0 Å². The highest BCUT2D eigenvalue weighted by atomic mass is 35.5. The SMILES string of the molecule is Cc1ccc(Cl)cc1N1C(=O)CCNCC1(C)C. The summed E-state index contributed by atoms with van der Waals surface area (Å²) >= 11 is 6.06. The van der Waals surface area contributed by atoms with Crippen molar-refractivity contribution in [2.75, 3.05) is 18.0 Å². The van der Waals surface area contributed by atoms with Gasteiger partial charge in [0.2, 0.25) is 5.91 Å². The lowest BCUT2D eigenvalue weighted by atomic mass is 10.0. The van der Waals surface area contributed by atoms with Crippen LogP contribution in [0.1, 0.15) is 25.8 Å². The molecule has 0 saturated carbocycles. The van der Waals surface area contributed by atoms with Gasteiger partial charge in [0.1, 0.15) is 0 Å². The third-order valence-electron chi connectivity index (χ3n) is 3.34. The van der Waals surface area contributed by atoms with Gasteiger partial charge in [-0.1, -0.05) is 17.7 Å². The molecule has 18 heavy (non-hydrogen) atoms. The predicted octanol–water partition coefficient (Wildman–Crippen LogP) is 2.75. The van der Waals surface area contributed by atoms with E-state index in [4.69, 9.17) is 11.6 Å². The molecule has 4 heteroatoms. The van der Waals surface area contributed by atoms with Gasteiger partial charge in [-0.25, -0.2) is 0 Å². The quantitative estimate of drug-likeness (QED) is 0.848. The fourth-order valence-electron chi connectivity index (χ4n) is 2.40. The summed E-state index contributed by atoms with van der Waals surface area (Å²) < 4.78 is 0. The molecule has 1 aromatic carbocycles. The highest BCUT2D eigenvalue weighted by Gasteiger charge is 2.34. The Morgan fingerprint density at radius 3 is 2.83 bits per heavy atom. The normalized spacial score (nSPS) is 19.8. The van der Waals surface area contributed by atoms with Crippen molar-refractivity contribution in [3.63, 3.8) is 0 Å². The third-order valence-corrected chi connectivity index (χ3v) is 3.58. The van der Waals surface area contributed by atoms with Crippen molar-refractivity contribution in [3.05, 3.63) is 28.8 Å². The van der Waals surface area contributed by atoms with Crippen molar-refractivity contribution in [3.8, 4) is 0 Å². The summed E-state index contributed by atoms with van der Waals surface area (Å²) in [5, 5.41) is 3.97. The van der Waals surface area contributed by atoms with Crippen molar-refractivity contribution in [1.29, 1.82) is 0 Å². The fourth-order valence-corrected chi connectivity index (χ4v) is 2.57. The summed E-state index contributed by atoms with van der Waals surface area (Å²) in [5.74, 6) is 0.148. The van der Waals surface area contributed by atoms with Crippen LogP contribution in [0.15, 0.2) is 18.2 Å². The predicted molar refractivity (Wildman–Crippen MR) is 75.2 cm³/mol. The minimum atomic E-state index is -0.247. The third kappa shape index (κ3) is 2.52. The smallest absolute Gasteiger partial charge is 0.228 e. The van der Waals surface area contributed by atoms with Crippen LogP contribution in [0.25, 0.3) is 0 Å². The zero-order chi connectivity index (χ0) is 13.3. The van der Waals surface area contributed by atoms with Crippen molar-refractivity contribution in [2.45, 2.75) is 32.7 Å². The Morgan fingerprint density at radius 1 is 1.39 bits per heavy atom. The Labute approximate surface area is 113 Å². The molecule has 1 aromatic rings. The molecule has 1 aliphatic rings. The second kappa shape index (κ2) is 4.90. The first-order chi connectivity index (χ1) is 8.42. The molecule has 1 N–H and O–H groups in total. The molecule has 1 aliphatic heterocycles. The van der Waals surface area contributed by atoms with E-state index in [0.717, 1.165) is 24.3 Å². The monoisotopic (exact) mass is 266 g/mol. The molecule has 1 amide bonds. The highest BCUT2D eigenvalue weighted by molar-refractivity contribution is 6.31. The maximum atomic E-state index is 12.3. The zero-order valence-electron chi connectivity index (χ0n) is 11.1. The second-order valence-electron chi connectivity index (χ2n) is 5.40. The fraction of sp³-hybridized carbons (Fsp3) is 0.500. The Kier molecular flexibility index (Phi) is 3.64. The molecule has 1 saturated heterocycles. The molecule has 0 aliphatic carbocycles. The molecule has 0 radical (unpaired) electrons. The first-order valence-corrected chi connectivity index (χ1v) is 6.59. The first kappa shape index (κ1) is 13.4. The lowest BCUT2D eigenvalue weighted by Gasteiger charge is -2.38. The molecule has 98 valence electrons. The van der Waals surface area contributed by atoms with Gasteiger partial charge in [-0.3, -0.25) is 4.79 Å². The van der Waals surface area contributed by atoms with Gasteiger partial charge in [0, 0.05) is 30.2 Å². The van der Waals surface area contributed by atoms with Crippen LogP contribution in [-0.4, -0.2) is 24.5 Å². The molecule has 1 heterocycles. The van der Waals surface area contributed by atoms with Gasteiger partial charge >= 0.3 is 0 Å². The number of hydrogen-bond donors (Lipinski definition) is 1. The molecule has 0 bridgehead atoms. The average molecular weight is 267 g/mol. The van der Waals surface area contributed by atoms with Crippen molar-refractivity contribution >= 4 is 23.2 Å². The number of aryl methyl sites for hydroxylation is 1. The molecular formula is C14H19ClN2O. The lowest BCUT2D eigenvalue weighted by molar-refractivity contribution is -0.119. The molecule has 1 fully saturated rings. The first-order valence-electron chi connectivity index (χ1n) is 6.22. The van der Waals surface area contributed by atoms with E-state index in [2.05, 4.69) is 19.2 Å². The maximum absolute atomic E-state index is 12.3. The number of benzene rings is 1. The number of nitrogens with one attached hydrogen (secondary N) is 1. The van der Waals surface area contributed by atoms with Gasteiger partial charge in [0.15, 0.2) is 0 Å². The van der Waals surface area contributed by atoms with E-state index in [-0.39, 0.29) is 11.4 Å². The minimum absolute atomic E-state index is 0.148. The molecule has 0 atom stereocenters. The summed E-state index contributed by atoms with van der Waals surface area (Å²) in [6.07, 6.45) is 0.523. The number of carbonyl (C=O) groups is 1. The topological polar surface area (TPSA) is 32.3 Å². The van der Waals surface area contributed by atoms with Crippen LogP contribution >= 0.6 is 11.6 Å². The van der Waals surface area contributed by atoms with Gasteiger partial charge in [-0.15, -0.1) is 0 Å². The van der Waals surface area contributed by atoms with Gasteiger partial charge in [-0.2, -0.15) is 0 Å². The van der Waals surface area contributed by atoms with Crippen LogP contribution < -0.4 is 10.2 Å². The van der Waals surface area contributed by atoms with E-state index in [1.165, 1.54) is 0 Å². The van der Waals surface area contributed by atoms with E-state index in [1.807, 2.05) is 30.0 Å². The Morgan fingerprint density at radius 2 is 2.11 bits per heavy atom. The standard InChI is InChI=1S/C14H19ClN2O/c1-10-4-5-11(15)8-12(10)17-13(18)6-7-16-9-14(17,2)3/h4-5,8,16H,6-7,9H2,1-3H3. The number of nitrogens with zero attached hydrogens (tertiary/aromatic N) is 1. The Hall–Kier alpha value is -1.06. The summed E-state index contributed by atoms with van der Waals surface area (Å²) in [4.78, 5) is 14.2. The molecule has 0 aromatic heterocycles. The average Bonchev–Trinajstić information content (AvgIpc) is 2.41. The molecule has 0 unspecified atom stereocenters. The van der Waals surface area contributed by atoms with Gasteiger partial charge in [-0.05, 0) is 38.5 Å². The number of halogens is 1. The highest BCUT2D eigenvalue weighted by Crippen LogP contribution is 2.31. The van der Waals surface area contributed by atoms with Crippen LogP contribution in [0.5, 0.6) is 0 Å². The van der Waals surface area contributed by atoms with E-state index < -0.39 is 0 Å². The summed E-state index contributed by atoms with van der Waals surface area (Å²) in [7, 11) is 0. The van der Waals surface area contributed by atoms with Crippen LogP contribution in [0.3, 0.4) is 0 Å². The van der Waals surface area contributed by atoms with E-state index >= 15 is 0 Å². The number of amides is 1. The van der Waals surface area contributed by atoms with Crippen molar-refractivity contribution < 1.29 is 4.79 Å². The number of hydrogen-bond acceptors (Lipinski definition) is 2. The number of carbonyl (C=O) groups excluding carboxylic acids is 1. The molecule has 0 spiro atoms. The Balaban J connectivity index is 2.50. The largest absolute Gasteiger partial charge is 0.314 e. The van der Waals surface area contributed by atoms with Crippen molar-refractivity contribution in [2.24, 2.45) is 0 Å². The van der Waals surface area contributed by atoms with Crippen LogP contribution in [-0.2, 0) is 4.79 Å². The van der Waals surface area contributed by atoms with E-state index in [9.17, 15) is 4.79 Å². The second-order valence-corrected chi connectivity index (χ2v) is 5.84. The Bertz CT molecular complexity index is 471. The maximum Gasteiger partial charge on any atom is 0.228 e. The molecular weight excluding hydrogens is 248 g/mol. The lowest BCUT2D eigenvalue weighted by Crippen LogP contribution is -2.51. The van der Waals surface area contributed by atoms with Gasteiger partial charge in [0.05, 0.1) is 5.54 Å². The van der Waals surface area contributed by atoms with Crippen LogP contribution in [0.2, 0.25) is 5.02 Å². The summed E-state index contributed by atoms with van der Waals surface area (Å²) in [5.41, 5.74) is 1.74. The number of anilines is 1. The van der Waals surface area contributed by atoms with Crippen molar-refractivity contribution in [1.82, 2.24) is 5.32 Å². The molecule has 2 rings (SSSR count). The van der Waals surface area contributed by atoms with Crippen LogP contribution in [0.4, 0.5) is 5.69 Å². The molecule has 3 nitrogen and oxygen atoms in total. The van der Waals surface area contributed by atoms with E-state index in [1.54, 1.807) is 0 Å². The summed E-state index contributed by atoms with van der Waals surface area (Å²) in [6.45, 7) is 7.67. The minimum Gasteiger partial charge on any atom is -0.314 e. The van der Waals surface area contributed by atoms with Crippen LogP contribution in [0, 0.1) is 6.92 Å². The van der Waals surface area contributed by atoms with Gasteiger partial charge < -0.3 is 10.2 Å². The number of rotatable bonds is 1. The zero-order valence-corrected chi connectivity index (χ0v) is 11.8.